The normalized spacial score (nSPS) is 11.1. The van der Waals surface area contributed by atoms with Gasteiger partial charge in [-0.15, -0.1) is 0 Å². The highest BCUT2D eigenvalue weighted by molar-refractivity contribution is 6.27. The first-order valence-electron chi connectivity index (χ1n) is 8.04. The number of carboxylic acid groups (broad SMARTS) is 2. The molecule has 0 aliphatic carbocycles. The summed E-state index contributed by atoms with van der Waals surface area (Å²) in [5, 5.41) is 36.8. The minimum absolute atomic E-state index is 0.135. The van der Waals surface area contributed by atoms with Gasteiger partial charge in [0.05, 0.1) is 6.61 Å². The highest BCUT2D eigenvalue weighted by Crippen LogP contribution is 2.13. The van der Waals surface area contributed by atoms with Crippen LogP contribution in [0.1, 0.15) is 17.0 Å². The number of hydrogen-bond donors (Lipinski definition) is 5. The molecule has 1 atom stereocenters. The summed E-state index contributed by atoms with van der Waals surface area (Å²) in [6, 6.07) is 17.3. The van der Waals surface area contributed by atoms with E-state index in [1.165, 1.54) is 5.56 Å². The molecule has 1 unspecified atom stereocenters. The largest absolute Gasteiger partial charge is 0.508 e. The van der Waals surface area contributed by atoms with Crippen molar-refractivity contribution in [2.24, 2.45) is 0 Å². The minimum Gasteiger partial charge on any atom is -0.508 e. The second-order valence-corrected chi connectivity index (χ2v) is 5.52. The summed E-state index contributed by atoms with van der Waals surface area (Å²) >= 11 is 0. The first-order chi connectivity index (χ1) is 12.4. The molecule has 7 nitrogen and oxygen atoms in total. The van der Waals surface area contributed by atoms with E-state index in [9.17, 15) is 10.2 Å². The number of hydrogen-bond acceptors (Lipinski definition) is 5. The van der Waals surface area contributed by atoms with E-state index < -0.39 is 11.9 Å². The third-order valence-corrected chi connectivity index (χ3v) is 3.59. The Labute approximate surface area is 151 Å². The fourth-order valence-corrected chi connectivity index (χ4v) is 2.18. The molecule has 5 N–H and O–H groups in total. The van der Waals surface area contributed by atoms with Gasteiger partial charge < -0.3 is 25.7 Å². The Morgan fingerprint density at radius 3 is 2.00 bits per heavy atom. The van der Waals surface area contributed by atoms with Gasteiger partial charge in [-0.25, -0.2) is 9.59 Å². The van der Waals surface area contributed by atoms with E-state index in [1.807, 2.05) is 42.5 Å². The van der Waals surface area contributed by atoms with Gasteiger partial charge in [0.1, 0.15) is 5.75 Å². The second-order valence-electron chi connectivity index (χ2n) is 5.52. The number of aliphatic hydroxyl groups is 1. The number of carbonyl (C=O) groups is 2. The number of aromatic hydroxyl groups is 1. The minimum atomic E-state index is -1.82. The van der Waals surface area contributed by atoms with Gasteiger partial charge in [-0.1, -0.05) is 42.5 Å². The van der Waals surface area contributed by atoms with Crippen LogP contribution in [0.15, 0.2) is 54.6 Å². The van der Waals surface area contributed by atoms with Crippen LogP contribution in [0.5, 0.6) is 5.75 Å². The van der Waals surface area contributed by atoms with Crippen molar-refractivity contribution < 1.29 is 30.0 Å². The Kier molecular flexibility index (Phi) is 9.45. The van der Waals surface area contributed by atoms with Gasteiger partial charge in [0.2, 0.25) is 0 Å². The Morgan fingerprint density at radius 1 is 0.923 bits per heavy atom. The van der Waals surface area contributed by atoms with E-state index in [0.29, 0.717) is 5.75 Å². The van der Waals surface area contributed by atoms with Crippen LogP contribution in [0.3, 0.4) is 0 Å². The molecule has 0 aromatic heterocycles. The zero-order valence-electron chi connectivity index (χ0n) is 14.2. The number of nitrogens with one attached hydrogen (secondary N) is 1. The highest BCUT2D eigenvalue weighted by Gasteiger charge is 2.09. The van der Waals surface area contributed by atoms with E-state index in [4.69, 9.17) is 19.8 Å². The SMILES string of the molecule is O=C(O)C(=O)O.OCC(CNCCc1ccc(O)cc1)c1ccccc1. The molecule has 2 rings (SSSR count). The molecule has 7 heteroatoms. The fourth-order valence-electron chi connectivity index (χ4n) is 2.18. The van der Waals surface area contributed by atoms with Crippen LogP contribution in [0, 0.1) is 0 Å². The summed E-state index contributed by atoms with van der Waals surface area (Å²) in [6.45, 7) is 1.77. The lowest BCUT2D eigenvalue weighted by Crippen LogP contribution is -2.25. The zero-order valence-corrected chi connectivity index (χ0v) is 14.2. The maximum absolute atomic E-state index is 9.46. The molecule has 0 saturated carbocycles. The van der Waals surface area contributed by atoms with Crippen molar-refractivity contribution in [3.05, 3.63) is 65.7 Å². The predicted molar refractivity (Wildman–Crippen MR) is 96.2 cm³/mol. The van der Waals surface area contributed by atoms with Gasteiger partial charge >= 0.3 is 11.9 Å². The Morgan fingerprint density at radius 2 is 1.50 bits per heavy atom. The third kappa shape index (κ3) is 8.27. The molecule has 0 bridgehead atoms. The van der Waals surface area contributed by atoms with Crippen LogP contribution in [-0.4, -0.2) is 52.1 Å². The quantitative estimate of drug-likeness (QED) is 0.373. The molecule has 0 heterocycles. The Hall–Kier alpha value is -2.90. The number of aliphatic carboxylic acids is 2. The van der Waals surface area contributed by atoms with Gasteiger partial charge in [0.25, 0.3) is 0 Å². The molecule has 0 amide bonds. The highest BCUT2D eigenvalue weighted by atomic mass is 16.4. The molecular weight excluding hydrogens is 338 g/mol. The van der Waals surface area contributed by atoms with Crippen LogP contribution < -0.4 is 5.32 Å². The van der Waals surface area contributed by atoms with Crippen molar-refractivity contribution in [3.63, 3.8) is 0 Å². The lowest BCUT2D eigenvalue weighted by atomic mass is 10.00. The monoisotopic (exact) mass is 361 g/mol. The van der Waals surface area contributed by atoms with Crippen molar-refractivity contribution >= 4 is 11.9 Å². The molecular formula is C19H23NO6. The first kappa shape index (κ1) is 21.1. The maximum Gasteiger partial charge on any atom is 0.414 e. The standard InChI is InChI=1S/C17H21NO2.C2H2O4/c19-13-16(15-4-2-1-3-5-15)12-18-11-10-14-6-8-17(20)9-7-14;3-1(4)2(5)6/h1-9,16,18-20H,10-13H2;(H,3,4)(H,5,6). The molecule has 0 fully saturated rings. The lowest BCUT2D eigenvalue weighted by Gasteiger charge is -2.15. The topological polar surface area (TPSA) is 127 Å². The van der Waals surface area contributed by atoms with Gasteiger partial charge in [-0.2, -0.15) is 0 Å². The predicted octanol–water partition coefficient (Wildman–Crippen LogP) is 1.46. The average molecular weight is 361 g/mol. The molecule has 2 aromatic carbocycles. The third-order valence-electron chi connectivity index (χ3n) is 3.59. The molecule has 0 aliphatic heterocycles. The van der Waals surface area contributed by atoms with Gasteiger partial charge in [-0.3, -0.25) is 0 Å². The zero-order chi connectivity index (χ0) is 19.4. The summed E-state index contributed by atoms with van der Waals surface area (Å²) in [6.07, 6.45) is 0.910. The van der Waals surface area contributed by atoms with Crippen molar-refractivity contribution in [2.75, 3.05) is 19.7 Å². The lowest BCUT2D eigenvalue weighted by molar-refractivity contribution is -0.159. The number of aliphatic hydroxyl groups excluding tert-OH is 1. The van der Waals surface area contributed by atoms with E-state index in [0.717, 1.165) is 25.1 Å². The summed E-state index contributed by atoms with van der Waals surface area (Å²) in [5.74, 6) is -3.22. The molecule has 0 radical (unpaired) electrons. The van der Waals surface area contributed by atoms with Crippen LogP contribution in [0.4, 0.5) is 0 Å². The van der Waals surface area contributed by atoms with Crippen molar-refractivity contribution in [3.8, 4) is 5.75 Å². The van der Waals surface area contributed by atoms with Crippen molar-refractivity contribution in [1.82, 2.24) is 5.32 Å². The summed E-state index contributed by atoms with van der Waals surface area (Å²) in [7, 11) is 0. The maximum atomic E-state index is 9.46. The van der Waals surface area contributed by atoms with E-state index in [-0.39, 0.29) is 12.5 Å². The number of rotatable bonds is 7. The molecule has 0 aliphatic rings. The average Bonchev–Trinajstić information content (AvgIpc) is 2.64. The molecule has 0 spiro atoms. The summed E-state index contributed by atoms with van der Waals surface area (Å²) < 4.78 is 0. The molecule has 26 heavy (non-hydrogen) atoms. The van der Waals surface area contributed by atoms with E-state index in [1.54, 1.807) is 12.1 Å². The molecule has 2 aromatic rings. The van der Waals surface area contributed by atoms with Crippen molar-refractivity contribution in [1.29, 1.82) is 0 Å². The van der Waals surface area contributed by atoms with E-state index >= 15 is 0 Å². The first-order valence-corrected chi connectivity index (χ1v) is 8.04. The van der Waals surface area contributed by atoms with E-state index in [2.05, 4.69) is 5.32 Å². The number of benzene rings is 2. The van der Waals surface area contributed by atoms with Crippen LogP contribution >= 0.6 is 0 Å². The second kappa shape index (κ2) is 11.6. The van der Waals surface area contributed by atoms with Gasteiger partial charge in [-0.05, 0) is 36.2 Å². The number of carboxylic acids is 2. The van der Waals surface area contributed by atoms with Gasteiger partial charge in [0, 0.05) is 12.5 Å². The number of phenolic OH excluding ortho intramolecular Hbond substituents is 1. The Bertz CT molecular complexity index is 660. The Balaban J connectivity index is 0.000000487. The number of phenols is 1. The summed E-state index contributed by atoms with van der Waals surface area (Å²) in [5.41, 5.74) is 2.35. The summed E-state index contributed by atoms with van der Waals surface area (Å²) in [4.78, 5) is 18.2. The van der Waals surface area contributed by atoms with Crippen molar-refractivity contribution in [2.45, 2.75) is 12.3 Å². The van der Waals surface area contributed by atoms with Crippen LogP contribution in [-0.2, 0) is 16.0 Å². The smallest absolute Gasteiger partial charge is 0.414 e. The van der Waals surface area contributed by atoms with Gasteiger partial charge in [0.15, 0.2) is 0 Å². The van der Waals surface area contributed by atoms with Crippen LogP contribution in [0.25, 0.3) is 0 Å². The molecule has 140 valence electrons. The molecule has 0 saturated heterocycles. The van der Waals surface area contributed by atoms with Crippen LogP contribution in [0.2, 0.25) is 0 Å². The fraction of sp³-hybridized carbons (Fsp3) is 0.263.